The molecule has 1 atom stereocenters. The summed E-state index contributed by atoms with van der Waals surface area (Å²) in [5.41, 5.74) is 0.936. The van der Waals surface area contributed by atoms with Crippen LogP contribution in [0.2, 0.25) is 0 Å². The summed E-state index contributed by atoms with van der Waals surface area (Å²) in [6.45, 7) is 4.38. The normalized spacial score (nSPS) is 24.8. The van der Waals surface area contributed by atoms with Crippen molar-refractivity contribution in [1.29, 1.82) is 0 Å². The van der Waals surface area contributed by atoms with E-state index in [0.29, 0.717) is 6.61 Å². The summed E-state index contributed by atoms with van der Waals surface area (Å²) in [6.07, 6.45) is 1.75. The molecule has 1 fully saturated rings. The van der Waals surface area contributed by atoms with Crippen LogP contribution < -0.4 is 0 Å². The van der Waals surface area contributed by atoms with E-state index in [-0.39, 0.29) is 6.10 Å². The van der Waals surface area contributed by atoms with Gasteiger partial charge in [0.25, 0.3) is 0 Å². The van der Waals surface area contributed by atoms with E-state index in [2.05, 4.69) is 4.99 Å². The van der Waals surface area contributed by atoms with Crippen molar-refractivity contribution in [3.8, 4) is 0 Å². The number of rotatable bonds is 2. The molecule has 0 N–H and O–H groups in total. The van der Waals surface area contributed by atoms with Gasteiger partial charge in [0.05, 0.1) is 12.3 Å². The van der Waals surface area contributed by atoms with Crippen molar-refractivity contribution in [1.82, 2.24) is 0 Å². The van der Waals surface area contributed by atoms with Crippen LogP contribution in [-0.2, 0) is 9.47 Å². The summed E-state index contributed by atoms with van der Waals surface area (Å²) in [7, 11) is 0. The highest BCUT2D eigenvalue weighted by atomic mass is 16.7. The number of nitrogens with zero attached hydrogens (tertiary/aromatic N) is 1. The number of aliphatic imine (C=N–C) groups is 1. The molecule has 1 saturated heterocycles. The Hall–Kier alpha value is -1.19. The molecule has 1 aromatic carbocycles. The SMILES string of the molecule is CC1(C)OCC(C=Nc2ccccc2)O1. The molecular formula is C12H15NO2. The molecule has 0 aromatic heterocycles. The van der Waals surface area contributed by atoms with Gasteiger partial charge in [-0.3, -0.25) is 4.99 Å². The lowest BCUT2D eigenvalue weighted by Gasteiger charge is -2.15. The first-order valence-corrected chi connectivity index (χ1v) is 5.07. The van der Waals surface area contributed by atoms with Gasteiger partial charge in [-0.05, 0) is 26.0 Å². The zero-order chi connectivity index (χ0) is 10.7. The van der Waals surface area contributed by atoms with Gasteiger partial charge in [0.15, 0.2) is 5.79 Å². The van der Waals surface area contributed by atoms with Gasteiger partial charge in [-0.1, -0.05) is 18.2 Å². The van der Waals surface area contributed by atoms with Crippen molar-refractivity contribution in [2.75, 3.05) is 6.61 Å². The van der Waals surface area contributed by atoms with E-state index in [9.17, 15) is 0 Å². The fraction of sp³-hybridized carbons (Fsp3) is 0.417. The first kappa shape index (κ1) is 10.3. The van der Waals surface area contributed by atoms with Gasteiger partial charge >= 0.3 is 0 Å². The van der Waals surface area contributed by atoms with Crippen LogP contribution in [0.5, 0.6) is 0 Å². The van der Waals surface area contributed by atoms with Crippen molar-refractivity contribution in [2.24, 2.45) is 4.99 Å². The highest BCUT2D eigenvalue weighted by molar-refractivity contribution is 5.68. The minimum absolute atomic E-state index is 0.0415. The molecule has 1 heterocycles. The molecule has 0 aliphatic carbocycles. The van der Waals surface area contributed by atoms with Crippen LogP contribution in [0.4, 0.5) is 5.69 Å². The molecular weight excluding hydrogens is 190 g/mol. The second-order valence-corrected chi connectivity index (χ2v) is 3.98. The van der Waals surface area contributed by atoms with E-state index >= 15 is 0 Å². The first-order chi connectivity index (χ1) is 7.16. The topological polar surface area (TPSA) is 30.8 Å². The number of hydrogen-bond donors (Lipinski definition) is 0. The first-order valence-electron chi connectivity index (χ1n) is 5.07. The van der Waals surface area contributed by atoms with Crippen LogP contribution in [0, 0.1) is 0 Å². The van der Waals surface area contributed by atoms with Gasteiger partial charge in [0.2, 0.25) is 0 Å². The highest BCUT2D eigenvalue weighted by Crippen LogP contribution is 2.21. The molecule has 0 bridgehead atoms. The third-order valence-corrected chi connectivity index (χ3v) is 2.18. The van der Waals surface area contributed by atoms with E-state index in [1.165, 1.54) is 0 Å². The Bertz CT molecular complexity index is 346. The molecule has 15 heavy (non-hydrogen) atoms. The van der Waals surface area contributed by atoms with Gasteiger partial charge < -0.3 is 9.47 Å². The Morgan fingerprint density at radius 3 is 2.67 bits per heavy atom. The van der Waals surface area contributed by atoms with Gasteiger partial charge in [0.1, 0.15) is 6.10 Å². The number of benzene rings is 1. The lowest BCUT2D eigenvalue weighted by Crippen LogP contribution is -2.21. The smallest absolute Gasteiger partial charge is 0.163 e. The monoisotopic (exact) mass is 205 g/mol. The van der Waals surface area contributed by atoms with Crippen molar-refractivity contribution >= 4 is 11.9 Å². The molecule has 0 radical (unpaired) electrons. The van der Waals surface area contributed by atoms with Crippen molar-refractivity contribution < 1.29 is 9.47 Å². The van der Waals surface area contributed by atoms with E-state index in [4.69, 9.17) is 9.47 Å². The lowest BCUT2D eigenvalue weighted by atomic mass is 10.3. The molecule has 1 aromatic rings. The minimum Gasteiger partial charge on any atom is -0.347 e. The molecule has 2 rings (SSSR count). The predicted octanol–water partition coefficient (Wildman–Crippen LogP) is 2.54. The summed E-state index contributed by atoms with van der Waals surface area (Å²) < 4.78 is 11.0. The van der Waals surface area contributed by atoms with Crippen molar-refractivity contribution in [2.45, 2.75) is 25.7 Å². The van der Waals surface area contributed by atoms with Crippen molar-refractivity contribution in [3.63, 3.8) is 0 Å². The third kappa shape index (κ3) is 2.88. The maximum absolute atomic E-state index is 5.60. The van der Waals surface area contributed by atoms with E-state index in [1.54, 1.807) is 6.21 Å². The molecule has 80 valence electrons. The van der Waals surface area contributed by atoms with Crippen LogP contribution in [0.15, 0.2) is 35.3 Å². The van der Waals surface area contributed by atoms with Gasteiger partial charge in [0, 0.05) is 6.21 Å². The predicted molar refractivity (Wildman–Crippen MR) is 59.5 cm³/mol. The Morgan fingerprint density at radius 2 is 2.07 bits per heavy atom. The number of para-hydroxylation sites is 1. The number of hydrogen-bond acceptors (Lipinski definition) is 3. The maximum Gasteiger partial charge on any atom is 0.163 e. The van der Waals surface area contributed by atoms with Gasteiger partial charge in [-0.15, -0.1) is 0 Å². The Labute approximate surface area is 89.7 Å². The van der Waals surface area contributed by atoms with E-state index < -0.39 is 5.79 Å². The standard InChI is InChI=1S/C12H15NO2/c1-12(2)14-9-11(15-12)8-13-10-6-4-3-5-7-10/h3-8,11H,9H2,1-2H3. The summed E-state index contributed by atoms with van der Waals surface area (Å²) in [5, 5.41) is 0. The van der Waals surface area contributed by atoms with Crippen LogP contribution in [0.25, 0.3) is 0 Å². The lowest BCUT2D eigenvalue weighted by molar-refractivity contribution is -0.130. The van der Waals surface area contributed by atoms with E-state index in [1.807, 2.05) is 44.2 Å². The van der Waals surface area contributed by atoms with Crippen LogP contribution in [0.3, 0.4) is 0 Å². The van der Waals surface area contributed by atoms with Crippen LogP contribution >= 0.6 is 0 Å². The molecule has 0 amide bonds. The molecule has 0 saturated carbocycles. The maximum atomic E-state index is 5.60. The molecule has 1 aliphatic heterocycles. The Kier molecular flexibility index (Phi) is 2.84. The van der Waals surface area contributed by atoms with E-state index in [0.717, 1.165) is 5.69 Å². The average molecular weight is 205 g/mol. The van der Waals surface area contributed by atoms with Crippen LogP contribution in [-0.4, -0.2) is 24.7 Å². The minimum atomic E-state index is -0.479. The second-order valence-electron chi connectivity index (χ2n) is 3.98. The van der Waals surface area contributed by atoms with Gasteiger partial charge in [-0.25, -0.2) is 0 Å². The summed E-state index contributed by atoms with van der Waals surface area (Å²) in [6, 6.07) is 9.80. The zero-order valence-corrected chi connectivity index (χ0v) is 9.01. The fourth-order valence-corrected chi connectivity index (χ4v) is 1.47. The average Bonchev–Trinajstić information content (AvgIpc) is 2.57. The molecule has 1 aliphatic rings. The quantitative estimate of drug-likeness (QED) is 0.695. The Balaban J connectivity index is 1.96. The Morgan fingerprint density at radius 1 is 1.33 bits per heavy atom. The summed E-state index contributed by atoms with van der Waals surface area (Å²) >= 11 is 0. The number of ether oxygens (including phenoxy) is 2. The molecule has 3 nitrogen and oxygen atoms in total. The molecule has 1 unspecified atom stereocenters. The van der Waals surface area contributed by atoms with Gasteiger partial charge in [-0.2, -0.15) is 0 Å². The summed E-state index contributed by atoms with van der Waals surface area (Å²) in [5.74, 6) is -0.479. The second kappa shape index (κ2) is 4.13. The van der Waals surface area contributed by atoms with Crippen molar-refractivity contribution in [3.05, 3.63) is 30.3 Å². The largest absolute Gasteiger partial charge is 0.347 e. The summed E-state index contributed by atoms with van der Waals surface area (Å²) in [4.78, 5) is 4.32. The molecule has 3 heteroatoms. The highest BCUT2D eigenvalue weighted by Gasteiger charge is 2.31. The third-order valence-electron chi connectivity index (χ3n) is 2.18. The van der Waals surface area contributed by atoms with Crippen LogP contribution in [0.1, 0.15) is 13.8 Å². The fourth-order valence-electron chi connectivity index (χ4n) is 1.47. The zero-order valence-electron chi connectivity index (χ0n) is 9.01. The molecule has 0 spiro atoms.